The van der Waals surface area contributed by atoms with Crippen LogP contribution >= 0.6 is 23.1 Å². The van der Waals surface area contributed by atoms with Gasteiger partial charge in [-0.2, -0.15) is 0 Å². The molecule has 176 valence electrons. The number of hydrogen-bond acceptors (Lipinski definition) is 8. The van der Waals surface area contributed by atoms with Gasteiger partial charge in [-0.3, -0.25) is 14.3 Å². The highest BCUT2D eigenvalue weighted by molar-refractivity contribution is 7.98. The molecule has 0 aliphatic rings. The lowest BCUT2D eigenvalue weighted by Crippen LogP contribution is -2.36. The fraction of sp³-hybridized carbons (Fsp3) is 0.292. The number of pyridine rings is 1. The van der Waals surface area contributed by atoms with Crippen LogP contribution in [0, 0.1) is 5.92 Å². The maximum Gasteiger partial charge on any atom is 0.270 e. The molecule has 3 aromatic heterocycles. The zero-order chi connectivity index (χ0) is 24.1. The molecule has 1 amide bonds. The summed E-state index contributed by atoms with van der Waals surface area (Å²) in [5.41, 5.74) is 2.18. The van der Waals surface area contributed by atoms with Gasteiger partial charge in [-0.1, -0.05) is 37.7 Å². The van der Waals surface area contributed by atoms with E-state index in [9.17, 15) is 4.79 Å². The van der Waals surface area contributed by atoms with E-state index in [0.29, 0.717) is 34.1 Å². The Bertz CT molecular complexity index is 1260. The van der Waals surface area contributed by atoms with Gasteiger partial charge in [0.05, 0.1) is 18.6 Å². The van der Waals surface area contributed by atoms with Gasteiger partial charge in [0.1, 0.15) is 16.5 Å². The standard InChI is InChI=1S/C24H26N6O2S2/c1-15(2)16(3)26-23(31)18-13-33-21(27-18)14-34-24-29-28-22(17-9-11-25-12-10-17)30(24)19-7-5-6-8-20(19)32-4/h5-13,15-16H,14H2,1-4H3,(H,26,31). The predicted molar refractivity (Wildman–Crippen MR) is 135 cm³/mol. The van der Waals surface area contributed by atoms with Crippen LogP contribution in [-0.4, -0.2) is 43.8 Å². The zero-order valence-corrected chi connectivity index (χ0v) is 21.1. The lowest BCUT2D eigenvalue weighted by Gasteiger charge is -2.16. The second-order valence-electron chi connectivity index (χ2n) is 7.97. The average Bonchev–Trinajstić information content (AvgIpc) is 3.50. The van der Waals surface area contributed by atoms with Crippen molar-refractivity contribution in [1.82, 2.24) is 30.0 Å². The molecule has 0 fully saturated rings. The van der Waals surface area contributed by atoms with E-state index < -0.39 is 0 Å². The van der Waals surface area contributed by atoms with Gasteiger partial charge >= 0.3 is 0 Å². The molecule has 1 unspecified atom stereocenters. The molecule has 1 N–H and O–H groups in total. The van der Waals surface area contributed by atoms with Crippen LogP contribution in [0.3, 0.4) is 0 Å². The number of amides is 1. The first-order valence-electron chi connectivity index (χ1n) is 10.8. The van der Waals surface area contributed by atoms with Gasteiger partial charge in [-0.25, -0.2) is 4.98 Å². The van der Waals surface area contributed by atoms with Gasteiger partial charge in [-0.15, -0.1) is 21.5 Å². The molecule has 0 bridgehead atoms. The van der Waals surface area contributed by atoms with Crippen LogP contribution in [0.5, 0.6) is 5.75 Å². The van der Waals surface area contributed by atoms with Crippen molar-refractivity contribution in [1.29, 1.82) is 0 Å². The monoisotopic (exact) mass is 494 g/mol. The van der Waals surface area contributed by atoms with Crippen molar-refractivity contribution < 1.29 is 9.53 Å². The third kappa shape index (κ3) is 5.28. The van der Waals surface area contributed by atoms with Crippen molar-refractivity contribution in [3.05, 3.63) is 64.9 Å². The minimum Gasteiger partial charge on any atom is -0.495 e. The largest absolute Gasteiger partial charge is 0.495 e. The molecule has 4 aromatic rings. The fourth-order valence-corrected chi connectivity index (χ4v) is 4.88. The summed E-state index contributed by atoms with van der Waals surface area (Å²) in [6.07, 6.45) is 3.46. The van der Waals surface area contributed by atoms with Crippen LogP contribution in [0.1, 0.15) is 36.3 Å². The Morgan fingerprint density at radius 3 is 2.65 bits per heavy atom. The maximum atomic E-state index is 12.5. The molecular weight excluding hydrogens is 468 g/mol. The number of methoxy groups -OCH3 is 1. The third-order valence-electron chi connectivity index (χ3n) is 5.37. The number of nitrogens with one attached hydrogen (secondary N) is 1. The second kappa shape index (κ2) is 10.8. The molecule has 0 spiro atoms. The van der Waals surface area contributed by atoms with Crippen molar-refractivity contribution in [3.8, 4) is 22.8 Å². The Morgan fingerprint density at radius 2 is 1.91 bits per heavy atom. The molecule has 0 aliphatic carbocycles. The van der Waals surface area contributed by atoms with Gasteiger partial charge in [0.2, 0.25) is 0 Å². The molecular formula is C24H26N6O2S2. The highest BCUT2D eigenvalue weighted by Crippen LogP contribution is 2.33. The van der Waals surface area contributed by atoms with Gasteiger partial charge in [0.15, 0.2) is 11.0 Å². The lowest BCUT2D eigenvalue weighted by molar-refractivity contribution is 0.0926. The summed E-state index contributed by atoms with van der Waals surface area (Å²) in [5, 5.41) is 15.3. The van der Waals surface area contributed by atoms with Gasteiger partial charge in [-0.05, 0) is 37.1 Å². The lowest BCUT2D eigenvalue weighted by atomic mass is 10.1. The average molecular weight is 495 g/mol. The smallest absolute Gasteiger partial charge is 0.270 e. The Morgan fingerprint density at radius 1 is 1.15 bits per heavy atom. The number of rotatable bonds is 9. The van der Waals surface area contributed by atoms with Crippen molar-refractivity contribution >= 4 is 29.0 Å². The van der Waals surface area contributed by atoms with Gasteiger partial charge < -0.3 is 10.1 Å². The molecule has 34 heavy (non-hydrogen) atoms. The molecule has 8 nitrogen and oxygen atoms in total. The molecule has 1 aromatic carbocycles. The summed E-state index contributed by atoms with van der Waals surface area (Å²) >= 11 is 2.97. The maximum absolute atomic E-state index is 12.5. The first-order chi connectivity index (χ1) is 16.5. The molecule has 0 aliphatic heterocycles. The number of para-hydroxylation sites is 2. The number of aromatic nitrogens is 5. The SMILES string of the molecule is COc1ccccc1-n1c(SCc2nc(C(=O)NC(C)C(C)C)cs2)nnc1-c1ccncc1. The summed E-state index contributed by atoms with van der Waals surface area (Å²) in [5.74, 6) is 2.17. The summed E-state index contributed by atoms with van der Waals surface area (Å²) < 4.78 is 7.58. The number of ether oxygens (including phenoxy) is 1. The number of carbonyl (C=O) groups is 1. The van der Waals surface area contributed by atoms with Crippen molar-refractivity contribution in [2.45, 2.75) is 37.7 Å². The first-order valence-corrected chi connectivity index (χ1v) is 12.7. The molecule has 1 atom stereocenters. The van der Waals surface area contributed by atoms with Gasteiger partial charge in [0, 0.05) is 29.4 Å². The quantitative estimate of drug-likeness (QED) is 0.332. The number of nitrogens with zero attached hydrogens (tertiary/aromatic N) is 5. The number of carbonyl (C=O) groups excluding carboxylic acids is 1. The fourth-order valence-electron chi connectivity index (χ4n) is 3.14. The zero-order valence-electron chi connectivity index (χ0n) is 19.4. The molecule has 0 saturated carbocycles. The summed E-state index contributed by atoms with van der Waals surface area (Å²) in [6.45, 7) is 6.15. The predicted octanol–water partition coefficient (Wildman–Crippen LogP) is 4.86. The summed E-state index contributed by atoms with van der Waals surface area (Å²) in [6, 6.07) is 11.6. The molecule has 0 radical (unpaired) electrons. The minimum atomic E-state index is -0.147. The summed E-state index contributed by atoms with van der Waals surface area (Å²) in [4.78, 5) is 21.1. The highest BCUT2D eigenvalue weighted by Gasteiger charge is 2.20. The van der Waals surface area contributed by atoms with Crippen LogP contribution in [0.15, 0.2) is 59.3 Å². The van der Waals surface area contributed by atoms with E-state index in [1.807, 2.05) is 47.9 Å². The summed E-state index contributed by atoms with van der Waals surface area (Å²) in [7, 11) is 1.64. The van der Waals surface area contributed by atoms with E-state index in [0.717, 1.165) is 16.3 Å². The van der Waals surface area contributed by atoms with Crippen molar-refractivity contribution in [3.63, 3.8) is 0 Å². The number of benzene rings is 1. The van der Waals surface area contributed by atoms with Crippen LogP contribution < -0.4 is 10.1 Å². The molecule has 3 heterocycles. The Balaban J connectivity index is 1.59. The van der Waals surface area contributed by atoms with Crippen LogP contribution in [-0.2, 0) is 5.75 Å². The normalized spacial score (nSPS) is 12.0. The van der Waals surface area contributed by atoms with E-state index in [1.54, 1.807) is 24.9 Å². The number of thioether (sulfide) groups is 1. The van der Waals surface area contributed by atoms with E-state index in [-0.39, 0.29) is 11.9 Å². The molecule has 0 saturated heterocycles. The Kier molecular flexibility index (Phi) is 7.59. The van der Waals surface area contributed by atoms with E-state index in [4.69, 9.17) is 4.74 Å². The number of hydrogen-bond donors (Lipinski definition) is 1. The minimum absolute atomic E-state index is 0.0815. The van der Waals surface area contributed by atoms with Crippen molar-refractivity contribution in [2.75, 3.05) is 7.11 Å². The number of thiazole rings is 1. The van der Waals surface area contributed by atoms with Gasteiger partial charge in [0.25, 0.3) is 5.91 Å². The van der Waals surface area contributed by atoms with Crippen molar-refractivity contribution in [2.24, 2.45) is 5.92 Å². The van der Waals surface area contributed by atoms with Crippen LogP contribution in [0.4, 0.5) is 0 Å². The second-order valence-corrected chi connectivity index (χ2v) is 9.86. The Labute approximate surface area is 206 Å². The van der Waals surface area contributed by atoms with Crippen LogP contribution in [0.2, 0.25) is 0 Å². The molecule has 10 heteroatoms. The van der Waals surface area contributed by atoms with Crippen LogP contribution in [0.25, 0.3) is 17.1 Å². The Hall–Kier alpha value is -3.24. The topological polar surface area (TPSA) is 94.8 Å². The third-order valence-corrected chi connectivity index (χ3v) is 7.34. The highest BCUT2D eigenvalue weighted by atomic mass is 32.2. The first kappa shape index (κ1) is 23.9. The van der Waals surface area contributed by atoms with E-state index in [1.165, 1.54) is 23.1 Å². The van der Waals surface area contributed by atoms with E-state index >= 15 is 0 Å². The molecule has 4 rings (SSSR count). The van der Waals surface area contributed by atoms with E-state index in [2.05, 4.69) is 39.3 Å².